The van der Waals surface area contributed by atoms with Crippen molar-refractivity contribution in [2.45, 2.75) is 83.0 Å². The SMILES string of the molecule is Cc1cccc(C(N)=O)c1OC1CC2(CC(NC(=O)C(=CN)c3ccc(OCC(C)(C)O)c(C4CC4)n3)C2)C1. The number of nitrogens with zero attached hydrogens (tertiary/aromatic N) is 1. The summed E-state index contributed by atoms with van der Waals surface area (Å²) >= 11 is 0. The fraction of sp³-hybridized carbons (Fsp3) is 0.500. The Morgan fingerprint density at radius 3 is 2.51 bits per heavy atom. The predicted octanol–water partition coefficient (Wildman–Crippen LogP) is 3.32. The van der Waals surface area contributed by atoms with Gasteiger partial charge in [0.25, 0.3) is 11.8 Å². The number of para-hydroxylation sites is 1. The highest BCUT2D eigenvalue weighted by Gasteiger charge is 2.54. The van der Waals surface area contributed by atoms with Crippen LogP contribution in [0.15, 0.2) is 36.5 Å². The molecule has 39 heavy (non-hydrogen) atoms. The van der Waals surface area contributed by atoms with Crippen LogP contribution in [-0.4, -0.2) is 46.3 Å². The lowest BCUT2D eigenvalue weighted by Crippen LogP contribution is -2.58. The molecule has 3 aliphatic rings. The maximum Gasteiger partial charge on any atom is 0.255 e. The van der Waals surface area contributed by atoms with Crippen LogP contribution >= 0.6 is 0 Å². The summed E-state index contributed by atoms with van der Waals surface area (Å²) in [6.45, 7) is 5.44. The third-order valence-electron chi connectivity index (χ3n) is 7.90. The van der Waals surface area contributed by atoms with E-state index in [1.165, 1.54) is 6.20 Å². The Hall–Kier alpha value is -3.59. The van der Waals surface area contributed by atoms with Crippen LogP contribution in [-0.2, 0) is 4.79 Å². The molecular formula is C30H38N4O5. The van der Waals surface area contributed by atoms with Crippen LogP contribution in [0.2, 0.25) is 0 Å². The molecular weight excluding hydrogens is 496 g/mol. The zero-order valence-corrected chi connectivity index (χ0v) is 22.8. The molecule has 0 aliphatic heterocycles. The number of rotatable bonds is 10. The molecule has 1 heterocycles. The van der Waals surface area contributed by atoms with Gasteiger partial charge in [0.05, 0.1) is 34.2 Å². The summed E-state index contributed by atoms with van der Waals surface area (Å²) in [6, 6.07) is 9.01. The molecule has 0 bridgehead atoms. The van der Waals surface area contributed by atoms with Crippen LogP contribution in [0.5, 0.6) is 11.5 Å². The van der Waals surface area contributed by atoms with Crippen molar-refractivity contribution >= 4 is 17.4 Å². The molecule has 9 nitrogen and oxygen atoms in total. The Morgan fingerprint density at radius 2 is 1.90 bits per heavy atom. The molecule has 3 fully saturated rings. The normalized spacial score (nSPS) is 24.5. The van der Waals surface area contributed by atoms with Gasteiger partial charge in [-0.3, -0.25) is 9.59 Å². The standard InChI is InChI=1S/C30H38N4O5/c1-17-5-4-6-21(27(32)35)26(17)39-20-13-30(14-20)11-19(12-30)33-28(36)22(15-31)23-9-10-24(38-16-29(2,3)37)25(34-23)18-7-8-18/h4-6,9-10,15,18-20,37H,7-8,11-14,16,31H2,1-3H3,(H2,32,35)(H,33,36). The molecule has 0 unspecified atom stereocenters. The minimum atomic E-state index is -0.957. The van der Waals surface area contributed by atoms with E-state index in [4.69, 9.17) is 25.9 Å². The van der Waals surface area contributed by atoms with Gasteiger partial charge in [0.2, 0.25) is 0 Å². The Kier molecular flexibility index (Phi) is 7.05. The van der Waals surface area contributed by atoms with E-state index >= 15 is 0 Å². The third kappa shape index (κ3) is 5.88. The number of carbonyl (C=O) groups is 2. The highest BCUT2D eigenvalue weighted by Crippen LogP contribution is 2.57. The summed E-state index contributed by atoms with van der Waals surface area (Å²) < 4.78 is 12.0. The van der Waals surface area contributed by atoms with E-state index in [2.05, 4.69) is 5.32 Å². The molecule has 1 aromatic heterocycles. The van der Waals surface area contributed by atoms with E-state index in [1.807, 2.05) is 19.1 Å². The predicted molar refractivity (Wildman–Crippen MR) is 147 cm³/mol. The van der Waals surface area contributed by atoms with Gasteiger partial charge in [-0.1, -0.05) is 12.1 Å². The number of ether oxygens (including phenoxy) is 2. The summed E-state index contributed by atoms with van der Waals surface area (Å²) in [7, 11) is 0. The summed E-state index contributed by atoms with van der Waals surface area (Å²) in [5, 5.41) is 13.1. The average Bonchev–Trinajstić information content (AvgIpc) is 3.66. The van der Waals surface area contributed by atoms with Gasteiger partial charge >= 0.3 is 0 Å². The Labute approximate surface area is 229 Å². The first-order chi connectivity index (χ1) is 18.5. The van der Waals surface area contributed by atoms with E-state index in [-0.39, 0.29) is 30.1 Å². The Balaban J connectivity index is 1.16. The van der Waals surface area contributed by atoms with Crippen LogP contribution in [0.1, 0.15) is 85.6 Å². The first-order valence-electron chi connectivity index (χ1n) is 13.6. The quantitative estimate of drug-likeness (QED) is 0.342. The molecule has 1 aromatic carbocycles. The monoisotopic (exact) mass is 534 g/mol. The first kappa shape index (κ1) is 27.0. The number of primary amides is 1. The van der Waals surface area contributed by atoms with Crippen molar-refractivity contribution in [1.82, 2.24) is 10.3 Å². The molecule has 5 rings (SSSR count). The minimum Gasteiger partial charge on any atom is -0.489 e. The second-order valence-corrected chi connectivity index (χ2v) is 12.1. The molecule has 0 atom stereocenters. The zero-order chi connectivity index (χ0) is 27.9. The lowest BCUT2D eigenvalue weighted by molar-refractivity contribution is -0.122. The number of amides is 2. The number of aliphatic hydroxyl groups is 1. The van der Waals surface area contributed by atoms with Crippen LogP contribution < -0.4 is 26.3 Å². The van der Waals surface area contributed by atoms with Crippen molar-refractivity contribution in [2.75, 3.05) is 6.61 Å². The van der Waals surface area contributed by atoms with Crippen molar-refractivity contribution in [2.24, 2.45) is 16.9 Å². The maximum atomic E-state index is 13.1. The van der Waals surface area contributed by atoms with Crippen molar-refractivity contribution in [3.8, 4) is 11.5 Å². The number of hydrogen-bond donors (Lipinski definition) is 4. The molecule has 1 spiro atoms. The Morgan fingerprint density at radius 1 is 1.18 bits per heavy atom. The van der Waals surface area contributed by atoms with Crippen LogP contribution in [0.3, 0.4) is 0 Å². The lowest BCUT2D eigenvalue weighted by Gasteiger charge is -2.57. The topological polar surface area (TPSA) is 150 Å². The molecule has 0 radical (unpaired) electrons. The van der Waals surface area contributed by atoms with E-state index in [9.17, 15) is 14.7 Å². The third-order valence-corrected chi connectivity index (χ3v) is 7.90. The summed E-state index contributed by atoms with van der Waals surface area (Å²) in [6.07, 6.45) is 6.88. The number of benzene rings is 1. The highest BCUT2D eigenvalue weighted by atomic mass is 16.5. The van der Waals surface area contributed by atoms with Crippen LogP contribution in [0.25, 0.3) is 5.57 Å². The van der Waals surface area contributed by atoms with Gasteiger partial charge < -0.3 is 31.4 Å². The van der Waals surface area contributed by atoms with Crippen molar-refractivity contribution in [3.05, 3.63) is 59.0 Å². The second kappa shape index (κ2) is 10.2. The second-order valence-electron chi connectivity index (χ2n) is 12.1. The van der Waals surface area contributed by atoms with Crippen LogP contribution in [0, 0.1) is 12.3 Å². The van der Waals surface area contributed by atoms with E-state index in [1.54, 1.807) is 32.0 Å². The number of carbonyl (C=O) groups excluding carboxylic acids is 2. The van der Waals surface area contributed by atoms with Gasteiger partial charge in [0.1, 0.15) is 18.1 Å². The maximum absolute atomic E-state index is 13.1. The number of aryl methyl sites for hydroxylation is 1. The summed E-state index contributed by atoms with van der Waals surface area (Å²) in [5.74, 6) is 0.767. The summed E-state index contributed by atoms with van der Waals surface area (Å²) in [5.41, 5.74) is 13.6. The average molecular weight is 535 g/mol. The van der Waals surface area contributed by atoms with Gasteiger partial charge in [-0.2, -0.15) is 0 Å². The van der Waals surface area contributed by atoms with E-state index in [0.29, 0.717) is 34.2 Å². The van der Waals surface area contributed by atoms with Gasteiger partial charge in [-0.15, -0.1) is 0 Å². The molecule has 0 saturated heterocycles. The fourth-order valence-corrected chi connectivity index (χ4v) is 5.76. The van der Waals surface area contributed by atoms with Gasteiger partial charge in [-0.25, -0.2) is 4.98 Å². The number of aromatic nitrogens is 1. The Bertz CT molecular complexity index is 1300. The largest absolute Gasteiger partial charge is 0.489 e. The van der Waals surface area contributed by atoms with E-state index in [0.717, 1.165) is 49.8 Å². The van der Waals surface area contributed by atoms with Crippen molar-refractivity contribution in [1.29, 1.82) is 0 Å². The smallest absolute Gasteiger partial charge is 0.255 e. The van der Waals surface area contributed by atoms with E-state index < -0.39 is 11.5 Å². The zero-order valence-electron chi connectivity index (χ0n) is 22.8. The number of hydrogen-bond acceptors (Lipinski definition) is 7. The molecule has 3 saturated carbocycles. The molecule has 3 aliphatic carbocycles. The lowest BCUT2D eigenvalue weighted by atomic mass is 9.53. The molecule has 208 valence electrons. The first-order valence-corrected chi connectivity index (χ1v) is 13.6. The molecule has 2 aromatic rings. The number of pyridine rings is 1. The van der Waals surface area contributed by atoms with Crippen molar-refractivity contribution < 1.29 is 24.2 Å². The number of nitrogens with two attached hydrogens (primary N) is 2. The van der Waals surface area contributed by atoms with Gasteiger partial charge in [-0.05, 0) is 88.5 Å². The summed E-state index contributed by atoms with van der Waals surface area (Å²) in [4.78, 5) is 29.7. The van der Waals surface area contributed by atoms with Crippen LogP contribution in [0.4, 0.5) is 0 Å². The number of nitrogens with one attached hydrogen (secondary N) is 1. The van der Waals surface area contributed by atoms with Gasteiger partial charge in [0.15, 0.2) is 0 Å². The highest BCUT2D eigenvalue weighted by molar-refractivity contribution is 6.19. The molecule has 6 N–H and O–H groups in total. The minimum absolute atomic E-state index is 0.0301. The van der Waals surface area contributed by atoms with Crippen molar-refractivity contribution in [3.63, 3.8) is 0 Å². The fourth-order valence-electron chi connectivity index (χ4n) is 5.76. The van der Waals surface area contributed by atoms with Gasteiger partial charge in [0, 0.05) is 18.2 Å². The molecule has 2 amide bonds. The molecule has 9 heteroatoms.